The second-order valence-electron chi connectivity index (χ2n) is 4.12. The van der Waals surface area contributed by atoms with Crippen molar-refractivity contribution in [3.8, 4) is 18.1 Å². The molecule has 1 atom stereocenters. The predicted molar refractivity (Wildman–Crippen MR) is 75.8 cm³/mol. The van der Waals surface area contributed by atoms with Gasteiger partial charge in [0.1, 0.15) is 11.9 Å². The van der Waals surface area contributed by atoms with Crippen LogP contribution >= 0.6 is 0 Å². The molecule has 0 aliphatic carbocycles. The fourth-order valence-corrected chi connectivity index (χ4v) is 1.77. The summed E-state index contributed by atoms with van der Waals surface area (Å²) in [5.74, 6) is 3.47. The molecule has 0 amide bonds. The van der Waals surface area contributed by atoms with Crippen molar-refractivity contribution >= 4 is 0 Å². The standard InChI is InChI=1S/C17H16O2/c1-3-17(15-9-11-16(18-2)12-10-15)19-13-14-7-5-4-6-8-14/h1,4-12,17H,13H2,2H3/t17-/m1/s1. The molecule has 2 aromatic carbocycles. The van der Waals surface area contributed by atoms with Crippen molar-refractivity contribution in [2.75, 3.05) is 7.11 Å². The van der Waals surface area contributed by atoms with Gasteiger partial charge in [0.15, 0.2) is 0 Å². The maximum atomic E-state index is 5.76. The van der Waals surface area contributed by atoms with Gasteiger partial charge in [-0.1, -0.05) is 48.4 Å². The summed E-state index contributed by atoms with van der Waals surface area (Å²) in [6.07, 6.45) is 5.19. The van der Waals surface area contributed by atoms with Crippen LogP contribution in [0, 0.1) is 12.3 Å². The highest BCUT2D eigenvalue weighted by Crippen LogP contribution is 2.21. The molecule has 0 bridgehead atoms. The zero-order chi connectivity index (χ0) is 13.5. The Morgan fingerprint density at radius 2 is 1.74 bits per heavy atom. The van der Waals surface area contributed by atoms with E-state index in [1.54, 1.807) is 7.11 Å². The molecular formula is C17H16O2. The van der Waals surface area contributed by atoms with Crippen LogP contribution in [0.25, 0.3) is 0 Å². The van der Waals surface area contributed by atoms with Crippen LogP contribution in [0.15, 0.2) is 54.6 Å². The quantitative estimate of drug-likeness (QED) is 0.757. The first-order valence-corrected chi connectivity index (χ1v) is 6.09. The van der Waals surface area contributed by atoms with Gasteiger partial charge in [-0.05, 0) is 23.3 Å². The second-order valence-corrected chi connectivity index (χ2v) is 4.12. The van der Waals surface area contributed by atoms with Crippen LogP contribution in [0.4, 0.5) is 0 Å². The van der Waals surface area contributed by atoms with Crippen molar-refractivity contribution in [1.29, 1.82) is 0 Å². The van der Waals surface area contributed by atoms with Crippen molar-refractivity contribution in [3.05, 3.63) is 65.7 Å². The molecule has 2 nitrogen and oxygen atoms in total. The van der Waals surface area contributed by atoms with Crippen LogP contribution in [0.5, 0.6) is 5.75 Å². The third kappa shape index (κ3) is 3.61. The van der Waals surface area contributed by atoms with Crippen molar-refractivity contribution in [2.24, 2.45) is 0 Å². The number of rotatable bonds is 5. The average molecular weight is 252 g/mol. The predicted octanol–water partition coefficient (Wildman–Crippen LogP) is 3.59. The Hall–Kier alpha value is -2.24. The molecule has 0 aliphatic heterocycles. The molecule has 0 saturated carbocycles. The minimum atomic E-state index is -0.342. The lowest BCUT2D eigenvalue weighted by Crippen LogP contribution is -2.02. The molecule has 0 aliphatic rings. The van der Waals surface area contributed by atoms with Gasteiger partial charge in [-0.3, -0.25) is 0 Å². The molecule has 2 aromatic rings. The molecule has 0 saturated heterocycles. The number of hydrogen-bond donors (Lipinski definition) is 0. The van der Waals surface area contributed by atoms with Gasteiger partial charge < -0.3 is 9.47 Å². The van der Waals surface area contributed by atoms with Crippen molar-refractivity contribution < 1.29 is 9.47 Å². The van der Waals surface area contributed by atoms with Crippen LogP contribution in [0.3, 0.4) is 0 Å². The first-order valence-electron chi connectivity index (χ1n) is 6.09. The van der Waals surface area contributed by atoms with Crippen molar-refractivity contribution in [2.45, 2.75) is 12.7 Å². The molecule has 2 heteroatoms. The number of methoxy groups -OCH3 is 1. The van der Waals surface area contributed by atoms with Gasteiger partial charge in [0.25, 0.3) is 0 Å². The normalized spacial score (nSPS) is 11.6. The molecular weight excluding hydrogens is 236 g/mol. The van der Waals surface area contributed by atoms with Crippen LogP contribution in [-0.2, 0) is 11.3 Å². The third-order valence-electron chi connectivity index (χ3n) is 2.83. The van der Waals surface area contributed by atoms with Crippen molar-refractivity contribution in [1.82, 2.24) is 0 Å². The molecule has 96 valence electrons. The summed E-state index contributed by atoms with van der Waals surface area (Å²) in [4.78, 5) is 0. The summed E-state index contributed by atoms with van der Waals surface area (Å²) in [5, 5.41) is 0. The van der Waals surface area contributed by atoms with Crippen LogP contribution in [0.2, 0.25) is 0 Å². The summed E-state index contributed by atoms with van der Waals surface area (Å²) < 4.78 is 10.9. The van der Waals surface area contributed by atoms with Gasteiger partial charge in [0, 0.05) is 0 Å². The van der Waals surface area contributed by atoms with E-state index in [4.69, 9.17) is 15.9 Å². The highest BCUT2D eigenvalue weighted by molar-refractivity contribution is 5.31. The van der Waals surface area contributed by atoms with Gasteiger partial charge in [0.2, 0.25) is 0 Å². The molecule has 0 radical (unpaired) electrons. The van der Waals surface area contributed by atoms with Gasteiger partial charge in [-0.25, -0.2) is 0 Å². The first-order chi connectivity index (χ1) is 9.33. The van der Waals surface area contributed by atoms with E-state index in [1.165, 1.54) is 0 Å². The maximum absolute atomic E-state index is 5.76. The Morgan fingerprint density at radius 1 is 1.05 bits per heavy atom. The zero-order valence-electron chi connectivity index (χ0n) is 10.9. The number of benzene rings is 2. The highest BCUT2D eigenvalue weighted by atomic mass is 16.5. The number of terminal acetylenes is 1. The molecule has 0 spiro atoms. The van der Waals surface area contributed by atoms with Gasteiger partial charge in [-0.15, -0.1) is 6.42 Å². The molecule has 0 fully saturated rings. The van der Waals surface area contributed by atoms with E-state index in [-0.39, 0.29) is 6.10 Å². The van der Waals surface area contributed by atoms with E-state index in [2.05, 4.69) is 5.92 Å². The average Bonchev–Trinajstić information content (AvgIpc) is 2.49. The van der Waals surface area contributed by atoms with Gasteiger partial charge in [-0.2, -0.15) is 0 Å². The summed E-state index contributed by atoms with van der Waals surface area (Å²) >= 11 is 0. The Kier molecular flexibility index (Phi) is 4.60. The van der Waals surface area contributed by atoms with E-state index >= 15 is 0 Å². The summed E-state index contributed by atoms with van der Waals surface area (Å²) in [5.41, 5.74) is 2.07. The summed E-state index contributed by atoms with van der Waals surface area (Å²) in [7, 11) is 1.64. The zero-order valence-corrected chi connectivity index (χ0v) is 10.9. The fraction of sp³-hybridized carbons (Fsp3) is 0.176. The Morgan fingerprint density at radius 3 is 2.32 bits per heavy atom. The van der Waals surface area contributed by atoms with E-state index in [1.807, 2.05) is 54.6 Å². The second kappa shape index (κ2) is 6.63. The lowest BCUT2D eigenvalue weighted by molar-refractivity contribution is 0.0782. The minimum Gasteiger partial charge on any atom is -0.497 e. The monoisotopic (exact) mass is 252 g/mol. The summed E-state index contributed by atoms with van der Waals surface area (Å²) in [6.45, 7) is 0.502. The minimum absolute atomic E-state index is 0.342. The largest absolute Gasteiger partial charge is 0.497 e. The van der Waals surface area contributed by atoms with Crippen LogP contribution < -0.4 is 4.74 Å². The Bertz CT molecular complexity index is 538. The van der Waals surface area contributed by atoms with E-state index in [9.17, 15) is 0 Å². The Balaban J connectivity index is 2.02. The molecule has 0 aromatic heterocycles. The van der Waals surface area contributed by atoms with Crippen LogP contribution in [-0.4, -0.2) is 7.11 Å². The van der Waals surface area contributed by atoms with Gasteiger partial charge >= 0.3 is 0 Å². The first kappa shape index (κ1) is 13.2. The topological polar surface area (TPSA) is 18.5 Å². The SMILES string of the molecule is C#C[C@@H](OCc1ccccc1)c1ccc(OC)cc1. The highest BCUT2D eigenvalue weighted by Gasteiger charge is 2.08. The lowest BCUT2D eigenvalue weighted by atomic mass is 10.1. The van der Waals surface area contributed by atoms with E-state index < -0.39 is 0 Å². The van der Waals surface area contributed by atoms with E-state index in [0.29, 0.717) is 6.61 Å². The molecule has 19 heavy (non-hydrogen) atoms. The van der Waals surface area contributed by atoms with Crippen molar-refractivity contribution in [3.63, 3.8) is 0 Å². The lowest BCUT2D eigenvalue weighted by Gasteiger charge is -2.13. The smallest absolute Gasteiger partial charge is 0.143 e. The van der Waals surface area contributed by atoms with Gasteiger partial charge in [0.05, 0.1) is 13.7 Å². The Labute approximate surface area is 114 Å². The fourth-order valence-electron chi connectivity index (χ4n) is 1.77. The van der Waals surface area contributed by atoms with E-state index in [0.717, 1.165) is 16.9 Å². The molecule has 0 N–H and O–H groups in total. The maximum Gasteiger partial charge on any atom is 0.143 e. The number of hydrogen-bond acceptors (Lipinski definition) is 2. The summed E-state index contributed by atoms with van der Waals surface area (Å²) in [6, 6.07) is 17.6. The molecule has 0 unspecified atom stereocenters. The number of ether oxygens (including phenoxy) is 2. The third-order valence-corrected chi connectivity index (χ3v) is 2.83. The van der Waals surface area contributed by atoms with Crippen LogP contribution in [0.1, 0.15) is 17.2 Å². The molecule has 0 heterocycles. The molecule has 2 rings (SSSR count).